The Morgan fingerprint density at radius 2 is 1.88 bits per heavy atom. The molecule has 2 aromatic rings. The summed E-state index contributed by atoms with van der Waals surface area (Å²) in [4.78, 5) is 27.0. The molecule has 2 aliphatic heterocycles. The van der Waals surface area contributed by atoms with Gasteiger partial charge in [-0.25, -0.2) is 5.01 Å². The molecule has 1 fully saturated rings. The SMILES string of the molecule is COc1cccc(C2CC(c3ccc(C)cc3C)=NN2C(=O)CN2CCC(C(N)=O)CC2)c1. The van der Waals surface area contributed by atoms with Gasteiger partial charge in [-0.05, 0) is 63.0 Å². The summed E-state index contributed by atoms with van der Waals surface area (Å²) in [6.07, 6.45) is 2.03. The number of piperidine rings is 1. The standard InChI is InChI=1S/C26H32N4O3/c1-17-7-8-22(18(2)13-17)23-15-24(20-5-4-6-21(14-20)33-3)30(28-23)25(31)16-29-11-9-19(10-12-29)26(27)32/h4-8,13-14,19,24H,9-12,15-16H2,1-3H3,(H2,27,32). The number of hydrazone groups is 1. The second kappa shape index (κ2) is 9.75. The van der Waals surface area contributed by atoms with Crippen LogP contribution in [0.5, 0.6) is 5.75 Å². The zero-order valence-electron chi connectivity index (χ0n) is 19.6. The van der Waals surface area contributed by atoms with Gasteiger partial charge >= 0.3 is 0 Å². The molecular weight excluding hydrogens is 416 g/mol. The van der Waals surface area contributed by atoms with E-state index < -0.39 is 0 Å². The number of likely N-dealkylation sites (tertiary alicyclic amines) is 1. The van der Waals surface area contributed by atoms with Gasteiger partial charge in [0, 0.05) is 17.9 Å². The summed E-state index contributed by atoms with van der Waals surface area (Å²) in [6, 6.07) is 14.0. The molecule has 7 nitrogen and oxygen atoms in total. The number of rotatable bonds is 6. The van der Waals surface area contributed by atoms with Gasteiger partial charge in [0.15, 0.2) is 0 Å². The van der Waals surface area contributed by atoms with Crippen LogP contribution in [0.4, 0.5) is 0 Å². The van der Waals surface area contributed by atoms with E-state index in [1.807, 2.05) is 24.3 Å². The number of amides is 2. The molecular formula is C26H32N4O3. The van der Waals surface area contributed by atoms with Gasteiger partial charge in [-0.2, -0.15) is 5.10 Å². The summed E-state index contributed by atoms with van der Waals surface area (Å²) in [6.45, 7) is 5.80. The zero-order chi connectivity index (χ0) is 23.5. The minimum Gasteiger partial charge on any atom is -0.497 e. The maximum absolute atomic E-state index is 13.4. The van der Waals surface area contributed by atoms with E-state index in [-0.39, 0.29) is 30.3 Å². The number of hydrogen-bond acceptors (Lipinski definition) is 5. The number of benzene rings is 2. The third-order valence-corrected chi connectivity index (χ3v) is 6.69. The Hall–Kier alpha value is -3.19. The van der Waals surface area contributed by atoms with Crippen molar-refractivity contribution in [3.05, 3.63) is 64.7 Å². The number of methoxy groups -OCH3 is 1. The molecule has 0 aromatic heterocycles. The van der Waals surface area contributed by atoms with Crippen LogP contribution in [-0.2, 0) is 9.59 Å². The monoisotopic (exact) mass is 448 g/mol. The van der Waals surface area contributed by atoms with Gasteiger partial charge in [-0.1, -0.05) is 35.9 Å². The number of nitrogens with two attached hydrogens (primary N) is 1. The van der Waals surface area contributed by atoms with Crippen LogP contribution in [0.3, 0.4) is 0 Å². The van der Waals surface area contributed by atoms with Gasteiger partial charge in [-0.15, -0.1) is 0 Å². The first-order chi connectivity index (χ1) is 15.9. The van der Waals surface area contributed by atoms with Crippen molar-refractivity contribution in [1.29, 1.82) is 0 Å². The van der Waals surface area contributed by atoms with E-state index in [1.54, 1.807) is 12.1 Å². The highest BCUT2D eigenvalue weighted by Crippen LogP contribution is 2.35. The molecule has 0 aliphatic carbocycles. The van der Waals surface area contributed by atoms with Gasteiger partial charge in [0.25, 0.3) is 5.91 Å². The van der Waals surface area contributed by atoms with Crippen molar-refractivity contribution in [3.63, 3.8) is 0 Å². The van der Waals surface area contributed by atoms with Crippen molar-refractivity contribution in [2.75, 3.05) is 26.7 Å². The quantitative estimate of drug-likeness (QED) is 0.735. The van der Waals surface area contributed by atoms with Crippen molar-refractivity contribution in [1.82, 2.24) is 9.91 Å². The van der Waals surface area contributed by atoms with Crippen LogP contribution in [-0.4, -0.2) is 54.2 Å². The van der Waals surface area contributed by atoms with Crippen LogP contribution >= 0.6 is 0 Å². The van der Waals surface area contributed by atoms with Crippen molar-refractivity contribution in [3.8, 4) is 5.75 Å². The largest absolute Gasteiger partial charge is 0.497 e. The Labute approximate surface area is 195 Å². The molecule has 4 rings (SSSR count). The van der Waals surface area contributed by atoms with E-state index in [4.69, 9.17) is 15.6 Å². The lowest BCUT2D eigenvalue weighted by atomic mass is 9.95. The first kappa shape index (κ1) is 23.0. The van der Waals surface area contributed by atoms with Crippen LogP contribution in [0.2, 0.25) is 0 Å². The second-order valence-electron chi connectivity index (χ2n) is 9.05. The molecule has 0 spiro atoms. The number of carbonyl (C=O) groups is 2. The summed E-state index contributed by atoms with van der Waals surface area (Å²) in [5.41, 5.74) is 10.8. The normalized spacial score (nSPS) is 19.4. The number of nitrogens with zero attached hydrogens (tertiary/aromatic N) is 3. The molecule has 33 heavy (non-hydrogen) atoms. The Bertz CT molecular complexity index is 1070. The molecule has 0 saturated carbocycles. The number of aryl methyl sites for hydroxylation is 2. The highest BCUT2D eigenvalue weighted by Gasteiger charge is 2.35. The number of primary amides is 1. The third-order valence-electron chi connectivity index (χ3n) is 6.69. The first-order valence-corrected chi connectivity index (χ1v) is 11.5. The molecule has 174 valence electrons. The van der Waals surface area contributed by atoms with Crippen molar-refractivity contribution in [2.45, 2.75) is 39.2 Å². The van der Waals surface area contributed by atoms with E-state index in [1.165, 1.54) is 5.56 Å². The number of hydrogen-bond donors (Lipinski definition) is 1. The fourth-order valence-electron chi connectivity index (χ4n) is 4.79. The minimum atomic E-state index is -0.249. The molecule has 1 atom stereocenters. The van der Waals surface area contributed by atoms with Crippen LogP contribution in [0.15, 0.2) is 47.6 Å². The minimum absolute atomic E-state index is 0.0416. The van der Waals surface area contributed by atoms with Crippen LogP contribution < -0.4 is 10.5 Å². The second-order valence-corrected chi connectivity index (χ2v) is 9.05. The van der Waals surface area contributed by atoms with Gasteiger partial charge in [-0.3, -0.25) is 14.5 Å². The van der Waals surface area contributed by atoms with Crippen LogP contribution in [0, 0.1) is 19.8 Å². The summed E-state index contributed by atoms with van der Waals surface area (Å²) >= 11 is 0. The van der Waals surface area contributed by atoms with Crippen LogP contribution in [0.1, 0.15) is 47.6 Å². The lowest BCUT2D eigenvalue weighted by Crippen LogP contribution is -2.44. The highest BCUT2D eigenvalue weighted by atomic mass is 16.5. The number of ether oxygens (including phenoxy) is 1. The van der Waals surface area contributed by atoms with E-state index in [2.05, 4.69) is 36.9 Å². The Morgan fingerprint density at radius 3 is 2.55 bits per heavy atom. The smallest absolute Gasteiger partial charge is 0.257 e. The summed E-state index contributed by atoms with van der Waals surface area (Å²) in [5.74, 6) is 0.372. The van der Waals surface area contributed by atoms with E-state index in [0.29, 0.717) is 32.4 Å². The van der Waals surface area contributed by atoms with Crippen molar-refractivity contribution in [2.24, 2.45) is 16.8 Å². The molecule has 1 unspecified atom stereocenters. The van der Waals surface area contributed by atoms with Gasteiger partial charge in [0.2, 0.25) is 5.91 Å². The topological polar surface area (TPSA) is 88.2 Å². The molecule has 2 heterocycles. The number of carbonyl (C=O) groups excluding carboxylic acids is 2. The van der Waals surface area contributed by atoms with Gasteiger partial charge in [0.05, 0.1) is 25.4 Å². The molecule has 1 saturated heterocycles. The molecule has 7 heteroatoms. The van der Waals surface area contributed by atoms with Gasteiger partial charge < -0.3 is 10.5 Å². The van der Waals surface area contributed by atoms with Gasteiger partial charge in [0.1, 0.15) is 5.75 Å². The molecule has 2 aromatic carbocycles. The van der Waals surface area contributed by atoms with E-state index in [9.17, 15) is 9.59 Å². The zero-order valence-corrected chi connectivity index (χ0v) is 19.6. The maximum atomic E-state index is 13.4. The molecule has 2 aliphatic rings. The van der Waals surface area contributed by atoms with Crippen LogP contribution in [0.25, 0.3) is 0 Å². The highest BCUT2D eigenvalue weighted by molar-refractivity contribution is 6.04. The average Bonchev–Trinajstić information content (AvgIpc) is 3.25. The Morgan fingerprint density at radius 1 is 1.12 bits per heavy atom. The average molecular weight is 449 g/mol. The maximum Gasteiger partial charge on any atom is 0.257 e. The van der Waals surface area contributed by atoms with Crippen molar-refractivity contribution < 1.29 is 14.3 Å². The predicted octanol–water partition coefficient (Wildman–Crippen LogP) is 3.19. The molecule has 2 amide bonds. The lowest BCUT2D eigenvalue weighted by molar-refractivity contribution is -0.134. The fraction of sp³-hybridized carbons (Fsp3) is 0.423. The van der Waals surface area contributed by atoms with E-state index in [0.717, 1.165) is 28.2 Å². The lowest BCUT2D eigenvalue weighted by Gasteiger charge is -2.31. The fourth-order valence-corrected chi connectivity index (χ4v) is 4.79. The molecule has 2 N–H and O–H groups in total. The first-order valence-electron chi connectivity index (χ1n) is 11.5. The third kappa shape index (κ3) is 5.09. The summed E-state index contributed by atoms with van der Waals surface area (Å²) in [5, 5.41) is 6.47. The molecule has 0 radical (unpaired) electrons. The summed E-state index contributed by atoms with van der Waals surface area (Å²) < 4.78 is 5.42. The van der Waals surface area contributed by atoms with Crippen molar-refractivity contribution >= 4 is 17.5 Å². The Kier molecular flexibility index (Phi) is 6.79. The summed E-state index contributed by atoms with van der Waals surface area (Å²) in [7, 11) is 1.64. The Balaban J connectivity index is 1.58. The van der Waals surface area contributed by atoms with E-state index >= 15 is 0 Å². The molecule has 0 bridgehead atoms. The predicted molar refractivity (Wildman–Crippen MR) is 128 cm³/mol.